The quantitative estimate of drug-likeness (QED) is 0.526. The summed E-state index contributed by atoms with van der Waals surface area (Å²) in [4.78, 5) is 28.2. The molecule has 11 nitrogen and oxygen atoms in total. The molecule has 4 rings (SSSR count). The Balaban J connectivity index is 1.39. The van der Waals surface area contributed by atoms with Gasteiger partial charge in [0, 0.05) is 75.9 Å². The van der Waals surface area contributed by atoms with E-state index in [-0.39, 0.29) is 11.8 Å². The van der Waals surface area contributed by atoms with Crippen LogP contribution in [0.25, 0.3) is 11.4 Å². The number of sulfone groups is 1. The van der Waals surface area contributed by atoms with E-state index in [9.17, 15) is 13.2 Å². The van der Waals surface area contributed by atoms with E-state index in [1.807, 2.05) is 12.1 Å². The number of urea groups is 1. The Morgan fingerprint density at radius 3 is 2.39 bits per heavy atom. The van der Waals surface area contributed by atoms with Gasteiger partial charge in [-0.25, -0.2) is 23.2 Å². The van der Waals surface area contributed by atoms with Gasteiger partial charge < -0.3 is 25.2 Å². The van der Waals surface area contributed by atoms with Crippen molar-refractivity contribution in [2.24, 2.45) is 0 Å². The van der Waals surface area contributed by atoms with E-state index >= 15 is 0 Å². The van der Waals surface area contributed by atoms with Gasteiger partial charge in [-0.1, -0.05) is 0 Å². The normalized spacial score (nSPS) is 17.7. The molecule has 2 saturated heterocycles. The summed E-state index contributed by atoms with van der Waals surface area (Å²) in [6.45, 7) is 8.09. The lowest BCUT2D eigenvalue weighted by atomic mass is 10.2. The third-order valence-corrected chi connectivity index (χ3v) is 7.04. The molecule has 0 bridgehead atoms. The monoisotopic (exact) mass is 517 g/mol. The highest BCUT2D eigenvalue weighted by atomic mass is 32.2. The Morgan fingerprint density at radius 1 is 1.03 bits per heavy atom. The summed E-state index contributed by atoms with van der Waals surface area (Å²) >= 11 is 0. The molecule has 196 valence electrons. The highest BCUT2D eigenvalue weighted by molar-refractivity contribution is 7.89. The van der Waals surface area contributed by atoms with Crippen LogP contribution in [0, 0.1) is 0 Å². The maximum atomic E-state index is 12.3. The highest BCUT2D eigenvalue weighted by Crippen LogP contribution is 2.23. The number of amides is 2. The van der Waals surface area contributed by atoms with Gasteiger partial charge in [-0.2, -0.15) is 0 Å². The van der Waals surface area contributed by atoms with Gasteiger partial charge in [-0.15, -0.1) is 0 Å². The maximum Gasteiger partial charge on any atom is 0.319 e. The van der Waals surface area contributed by atoms with Crippen molar-refractivity contribution < 1.29 is 17.9 Å². The van der Waals surface area contributed by atoms with Crippen molar-refractivity contribution in [1.82, 2.24) is 25.1 Å². The number of carbonyl (C=O) groups excluding carboxylic acids is 1. The fourth-order valence-electron chi connectivity index (χ4n) is 4.19. The van der Waals surface area contributed by atoms with Crippen LogP contribution in [-0.4, -0.2) is 113 Å². The van der Waals surface area contributed by atoms with Crippen LogP contribution in [-0.2, 0) is 20.3 Å². The predicted octanol–water partition coefficient (Wildman–Crippen LogP) is 0.894. The number of ether oxygens (including phenoxy) is 1. The average Bonchev–Trinajstić information content (AvgIpc) is 2.85. The van der Waals surface area contributed by atoms with Gasteiger partial charge in [-0.3, -0.25) is 4.90 Å². The average molecular weight is 518 g/mol. The molecule has 0 radical (unpaired) electrons. The first-order valence-electron chi connectivity index (χ1n) is 12.2. The number of likely N-dealkylation sites (N-methyl/N-ethyl adjacent to an activating group) is 1. The summed E-state index contributed by atoms with van der Waals surface area (Å²) in [5.74, 6) is 0.970. The molecule has 2 aliphatic rings. The molecule has 0 spiro atoms. The molecule has 2 aromatic rings. The first-order valence-corrected chi connectivity index (χ1v) is 14.3. The van der Waals surface area contributed by atoms with E-state index in [4.69, 9.17) is 9.72 Å². The number of morpholine rings is 1. The van der Waals surface area contributed by atoms with Crippen molar-refractivity contribution in [2.45, 2.75) is 5.75 Å². The van der Waals surface area contributed by atoms with E-state index in [0.29, 0.717) is 55.9 Å². The molecular formula is C24H35N7O4S. The minimum atomic E-state index is -3.25. The van der Waals surface area contributed by atoms with E-state index in [2.05, 4.69) is 37.4 Å². The Bertz CT molecular complexity index is 1130. The molecule has 36 heavy (non-hydrogen) atoms. The molecule has 0 aliphatic carbocycles. The molecule has 12 heteroatoms. The molecule has 0 atom stereocenters. The summed E-state index contributed by atoms with van der Waals surface area (Å²) < 4.78 is 29.3. The third-order valence-electron chi connectivity index (χ3n) is 6.22. The van der Waals surface area contributed by atoms with Crippen molar-refractivity contribution in [2.75, 3.05) is 89.1 Å². The summed E-state index contributed by atoms with van der Waals surface area (Å²) in [6, 6.07) is 8.70. The highest BCUT2D eigenvalue weighted by Gasteiger charge is 2.18. The van der Waals surface area contributed by atoms with Gasteiger partial charge in [0.25, 0.3) is 0 Å². The largest absolute Gasteiger partial charge is 0.378 e. The lowest BCUT2D eigenvalue weighted by molar-refractivity contribution is 0.122. The zero-order chi connectivity index (χ0) is 25.5. The molecule has 0 unspecified atom stereocenters. The van der Waals surface area contributed by atoms with Gasteiger partial charge in [0.05, 0.1) is 24.7 Å². The van der Waals surface area contributed by atoms with Crippen molar-refractivity contribution in [3.05, 3.63) is 36.0 Å². The van der Waals surface area contributed by atoms with E-state index < -0.39 is 9.84 Å². The Kier molecular flexibility index (Phi) is 8.72. The van der Waals surface area contributed by atoms with Gasteiger partial charge in [0.1, 0.15) is 5.82 Å². The zero-order valence-electron chi connectivity index (χ0n) is 20.9. The van der Waals surface area contributed by atoms with Gasteiger partial charge in [0.15, 0.2) is 15.7 Å². The number of piperazine rings is 1. The number of aromatic nitrogens is 2. The first kappa shape index (κ1) is 26.3. The minimum Gasteiger partial charge on any atom is -0.378 e. The first-order chi connectivity index (χ1) is 17.2. The Hall–Kier alpha value is -2.80. The van der Waals surface area contributed by atoms with Crippen LogP contribution < -0.4 is 15.5 Å². The smallest absolute Gasteiger partial charge is 0.319 e. The minimum absolute atomic E-state index is 0.159. The fraction of sp³-hybridized carbons (Fsp3) is 0.542. The van der Waals surface area contributed by atoms with Crippen LogP contribution in [0.4, 0.5) is 16.3 Å². The van der Waals surface area contributed by atoms with Gasteiger partial charge in [0.2, 0.25) is 0 Å². The van der Waals surface area contributed by atoms with Gasteiger partial charge in [-0.05, 0) is 31.3 Å². The number of nitrogens with zero attached hydrogens (tertiary/aromatic N) is 5. The number of anilines is 2. The van der Waals surface area contributed by atoms with Crippen LogP contribution in [0.3, 0.4) is 0 Å². The lowest BCUT2D eigenvalue weighted by Gasteiger charge is -2.32. The second-order valence-electron chi connectivity index (χ2n) is 9.31. The maximum absolute atomic E-state index is 12.3. The molecular weight excluding hydrogens is 482 g/mol. The molecule has 2 fully saturated rings. The molecule has 1 aromatic heterocycles. The standard InChI is InChI=1S/C24H35N7O4S/c1-29-9-11-30(12-10-29)8-7-25-24(32)27-20-5-3-19(4-6-20)23-26-21(18-36(2,33)34)17-22(28-23)31-13-15-35-16-14-31/h3-6,17H,7-16,18H2,1-2H3,(H2,25,27,32). The topological polar surface area (TPSA) is 120 Å². The number of carbonyl (C=O) groups is 1. The molecule has 0 saturated carbocycles. The summed E-state index contributed by atoms with van der Waals surface area (Å²) in [7, 11) is -1.13. The second kappa shape index (κ2) is 12.0. The lowest BCUT2D eigenvalue weighted by Crippen LogP contribution is -2.47. The van der Waals surface area contributed by atoms with Crippen molar-refractivity contribution >= 4 is 27.4 Å². The van der Waals surface area contributed by atoms with Crippen molar-refractivity contribution in [1.29, 1.82) is 0 Å². The third kappa shape index (κ3) is 7.85. The summed E-state index contributed by atoms with van der Waals surface area (Å²) in [6.07, 6.45) is 1.19. The van der Waals surface area contributed by atoms with Crippen LogP contribution in [0.2, 0.25) is 0 Å². The Labute approximate surface area is 212 Å². The predicted molar refractivity (Wildman–Crippen MR) is 140 cm³/mol. The van der Waals surface area contributed by atoms with Crippen molar-refractivity contribution in [3.63, 3.8) is 0 Å². The number of nitrogens with one attached hydrogen (secondary N) is 2. The zero-order valence-corrected chi connectivity index (χ0v) is 21.8. The van der Waals surface area contributed by atoms with Crippen LogP contribution in [0.15, 0.2) is 30.3 Å². The molecule has 2 N–H and O–H groups in total. The number of benzene rings is 1. The molecule has 2 amide bonds. The second-order valence-corrected chi connectivity index (χ2v) is 11.5. The number of hydrogen-bond donors (Lipinski definition) is 2. The number of rotatable bonds is 8. The SMILES string of the molecule is CN1CCN(CCNC(=O)Nc2ccc(-c3nc(CS(C)(=O)=O)cc(N4CCOCC4)n3)cc2)CC1. The van der Waals surface area contributed by atoms with E-state index in [1.54, 1.807) is 18.2 Å². The van der Waals surface area contributed by atoms with Gasteiger partial charge >= 0.3 is 6.03 Å². The molecule has 1 aromatic carbocycles. The molecule has 3 heterocycles. The van der Waals surface area contributed by atoms with Crippen molar-refractivity contribution in [3.8, 4) is 11.4 Å². The fourth-order valence-corrected chi connectivity index (χ4v) is 4.87. The van der Waals surface area contributed by atoms with E-state index in [0.717, 1.165) is 38.3 Å². The summed E-state index contributed by atoms with van der Waals surface area (Å²) in [5.41, 5.74) is 1.84. The van der Waals surface area contributed by atoms with Crippen LogP contribution >= 0.6 is 0 Å². The Morgan fingerprint density at radius 2 is 1.72 bits per heavy atom. The summed E-state index contributed by atoms with van der Waals surface area (Å²) in [5, 5.41) is 5.76. The number of hydrogen-bond acceptors (Lipinski definition) is 9. The van der Waals surface area contributed by atoms with Crippen LogP contribution in [0.1, 0.15) is 5.69 Å². The van der Waals surface area contributed by atoms with Crippen LogP contribution in [0.5, 0.6) is 0 Å². The van der Waals surface area contributed by atoms with E-state index in [1.165, 1.54) is 6.26 Å². The molecule has 2 aliphatic heterocycles.